The fourth-order valence-corrected chi connectivity index (χ4v) is 7.43. The van der Waals surface area contributed by atoms with Crippen LogP contribution in [0, 0.1) is 0 Å². The van der Waals surface area contributed by atoms with Crippen molar-refractivity contribution in [1.29, 1.82) is 0 Å². The van der Waals surface area contributed by atoms with Crippen molar-refractivity contribution in [2.45, 2.75) is 156 Å². The van der Waals surface area contributed by atoms with Crippen molar-refractivity contribution in [3.63, 3.8) is 0 Å². The van der Waals surface area contributed by atoms with Crippen molar-refractivity contribution in [3.8, 4) is 11.5 Å². The molecule has 1 unspecified atom stereocenters. The topological polar surface area (TPSA) is 170 Å². The first kappa shape index (κ1) is 42.9. The number of unbranched alkanes of at least 4 members (excludes halogenated alkanes) is 12. The molecule has 3 N–H and O–H groups in total. The van der Waals surface area contributed by atoms with Crippen LogP contribution < -0.4 is 20.1 Å². The largest absolute Gasteiger partial charge is 0.459 e. The summed E-state index contributed by atoms with van der Waals surface area (Å²) in [7, 11) is -3.90. The standard InChI is InChI=1S/C38H61N6O7P/c1-7-8-9-10-11-12-13-14-15-16-17-18-19-23-33(45)49-31-21-20-22-32(24-31)51-52(47,43-30(3)37(46)50-38(4,5)6)28-48-29(2)25-44-27-42-34-35(39)40-26-41-36(34)44/h20-22,24,26-27,29-30H,7-19,23,25,28H2,1-6H3,(H,43,47)(H2,39,40,41)/t29-,30+,52?/m1/s1. The van der Waals surface area contributed by atoms with Gasteiger partial charge in [-0.15, -0.1) is 0 Å². The van der Waals surface area contributed by atoms with Gasteiger partial charge in [0.05, 0.1) is 19.0 Å². The Hall–Kier alpha value is -3.54. The van der Waals surface area contributed by atoms with Gasteiger partial charge < -0.3 is 29.0 Å². The number of nitrogens with one attached hydrogen (secondary N) is 1. The van der Waals surface area contributed by atoms with Gasteiger partial charge >= 0.3 is 19.5 Å². The van der Waals surface area contributed by atoms with Crippen LogP contribution >= 0.6 is 7.52 Å². The molecule has 3 rings (SSSR count). The third-order valence-corrected chi connectivity index (χ3v) is 10.1. The van der Waals surface area contributed by atoms with E-state index in [-0.39, 0.29) is 29.6 Å². The Morgan fingerprint density at radius 1 is 0.904 bits per heavy atom. The van der Waals surface area contributed by atoms with Crippen LogP contribution in [0.2, 0.25) is 0 Å². The number of carbonyl (C=O) groups is 2. The number of esters is 2. The number of imidazole rings is 1. The molecule has 13 nitrogen and oxygen atoms in total. The molecule has 0 aliphatic heterocycles. The maximum absolute atomic E-state index is 14.3. The molecule has 0 bridgehead atoms. The Kier molecular flexibility index (Phi) is 18.0. The Morgan fingerprint density at radius 3 is 2.15 bits per heavy atom. The van der Waals surface area contributed by atoms with Crippen molar-refractivity contribution in [2.75, 3.05) is 12.1 Å². The van der Waals surface area contributed by atoms with Gasteiger partial charge in [-0.1, -0.05) is 90.0 Å². The number of hydrogen-bond donors (Lipinski definition) is 2. The number of nitrogen functional groups attached to an aromatic ring is 1. The molecule has 14 heteroatoms. The summed E-state index contributed by atoms with van der Waals surface area (Å²) in [4.78, 5) is 37.9. The van der Waals surface area contributed by atoms with Gasteiger partial charge in [0.1, 0.15) is 41.3 Å². The summed E-state index contributed by atoms with van der Waals surface area (Å²) in [6.07, 6.45) is 18.4. The third-order valence-electron chi connectivity index (χ3n) is 8.34. The van der Waals surface area contributed by atoms with E-state index < -0.39 is 31.2 Å². The van der Waals surface area contributed by atoms with Crippen LogP contribution in [0.3, 0.4) is 0 Å². The van der Waals surface area contributed by atoms with Gasteiger partial charge in [-0.05, 0) is 53.2 Å². The number of benzene rings is 1. The highest BCUT2D eigenvalue weighted by molar-refractivity contribution is 7.57. The number of carbonyl (C=O) groups excluding carboxylic acids is 2. The van der Waals surface area contributed by atoms with Crippen LogP contribution in [0.15, 0.2) is 36.9 Å². The molecular formula is C38H61N6O7P. The summed E-state index contributed by atoms with van der Waals surface area (Å²) >= 11 is 0. The van der Waals surface area contributed by atoms with E-state index in [0.29, 0.717) is 24.1 Å². The molecule has 2 aromatic heterocycles. The maximum atomic E-state index is 14.3. The van der Waals surface area contributed by atoms with Gasteiger partial charge in [-0.3, -0.25) is 14.2 Å². The van der Waals surface area contributed by atoms with E-state index in [2.05, 4.69) is 27.0 Å². The second-order valence-electron chi connectivity index (χ2n) is 14.5. The molecule has 290 valence electrons. The zero-order chi connectivity index (χ0) is 38.0. The van der Waals surface area contributed by atoms with Crippen LogP contribution in [-0.2, 0) is 30.2 Å². The summed E-state index contributed by atoms with van der Waals surface area (Å²) in [6.45, 7) is 11.2. The lowest BCUT2D eigenvalue weighted by molar-refractivity contribution is -0.156. The van der Waals surface area contributed by atoms with E-state index in [1.165, 1.54) is 76.6 Å². The molecule has 0 spiro atoms. The number of anilines is 1. The first-order valence-corrected chi connectivity index (χ1v) is 20.7. The second kappa shape index (κ2) is 21.9. The number of hydrogen-bond acceptors (Lipinski definition) is 11. The number of fused-ring (bicyclic) bond motifs is 1. The fourth-order valence-electron chi connectivity index (χ4n) is 5.65. The molecule has 0 saturated carbocycles. The van der Waals surface area contributed by atoms with Crippen molar-refractivity contribution < 1.29 is 32.9 Å². The number of aromatic nitrogens is 4. The van der Waals surface area contributed by atoms with Gasteiger partial charge in [-0.25, -0.2) is 20.0 Å². The van der Waals surface area contributed by atoms with Crippen LogP contribution in [0.5, 0.6) is 11.5 Å². The highest BCUT2D eigenvalue weighted by atomic mass is 31.2. The number of rotatable bonds is 25. The van der Waals surface area contributed by atoms with Crippen LogP contribution in [0.25, 0.3) is 11.2 Å². The SMILES string of the molecule is CCCCCCCCCCCCCCCC(=O)Oc1cccc(OP(=O)(CO[C@H](C)Cn2cnc3c(N)ncnc32)N[C@@H](C)C(=O)OC(C)(C)C)c1. The lowest BCUT2D eigenvalue weighted by Crippen LogP contribution is -2.39. The molecule has 0 radical (unpaired) electrons. The fraction of sp³-hybridized carbons (Fsp3) is 0.658. The minimum absolute atomic E-state index is 0.183. The Balaban J connectivity index is 1.52. The Labute approximate surface area is 309 Å². The predicted octanol–water partition coefficient (Wildman–Crippen LogP) is 8.75. The van der Waals surface area contributed by atoms with Crippen molar-refractivity contribution in [3.05, 3.63) is 36.9 Å². The lowest BCUT2D eigenvalue weighted by Gasteiger charge is -2.27. The number of ether oxygens (including phenoxy) is 3. The molecule has 0 aliphatic carbocycles. The van der Waals surface area contributed by atoms with Gasteiger partial charge in [0.25, 0.3) is 0 Å². The number of nitrogens with zero attached hydrogens (tertiary/aromatic N) is 4. The highest BCUT2D eigenvalue weighted by Crippen LogP contribution is 2.45. The lowest BCUT2D eigenvalue weighted by atomic mass is 10.0. The molecule has 0 saturated heterocycles. The van der Waals surface area contributed by atoms with E-state index in [1.54, 1.807) is 63.7 Å². The van der Waals surface area contributed by atoms with Crippen LogP contribution in [0.4, 0.5) is 5.82 Å². The molecule has 52 heavy (non-hydrogen) atoms. The average Bonchev–Trinajstić information content (AvgIpc) is 3.49. The van der Waals surface area contributed by atoms with Gasteiger partial charge in [-0.2, -0.15) is 0 Å². The summed E-state index contributed by atoms with van der Waals surface area (Å²) < 4.78 is 39.1. The van der Waals surface area contributed by atoms with E-state index in [0.717, 1.165) is 19.3 Å². The van der Waals surface area contributed by atoms with E-state index in [1.807, 2.05) is 0 Å². The molecular weight excluding hydrogens is 683 g/mol. The first-order chi connectivity index (χ1) is 24.8. The zero-order valence-electron chi connectivity index (χ0n) is 32.1. The molecule has 1 aromatic carbocycles. The van der Waals surface area contributed by atoms with Gasteiger partial charge in [0, 0.05) is 12.5 Å². The minimum atomic E-state index is -3.90. The van der Waals surface area contributed by atoms with E-state index >= 15 is 0 Å². The molecule has 0 amide bonds. The Morgan fingerprint density at radius 2 is 1.52 bits per heavy atom. The zero-order valence-corrected chi connectivity index (χ0v) is 33.0. The van der Waals surface area contributed by atoms with Crippen molar-refractivity contribution in [1.82, 2.24) is 24.6 Å². The first-order valence-electron chi connectivity index (χ1n) is 18.9. The molecule has 2 heterocycles. The maximum Gasteiger partial charge on any atom is 0.342 e. The van der Waals surface area contributed by atoms with E-state index in [9.17, 15) is 14.2 Å². The predicted molar refractivity (Wildman–Crippen MR) is 204 cm³/mol. The van der Waals surface area contributed by atoms with Crippen LogP contribution in [-0.4, -0.2) is 55.6 Å². The second-order valence-corrected chi connectivity index (χ2v) is 16.6. The van der Waals surface area contributed by atoms with Crippen molar-refractivity contribution >= 4 is 36.4 Å². The summed E-state index contributed by atoms with van der Waals surface area (Å²) in [5.41, 5.74) is 6.19. The van der Waals surface area contributed by atoms with E-state index in [4.69, 9.17) is 24.5 Å². The summed E-state index contributed by atoms with van der Waals surface area (Å²) in [5.74, 6) is -0.212. The number of nitrogens with two attached hydrogens (primary N) is 1. The minimum Gasteiger partial charge on any atom is -0.459 e. The van der Waals surface area contributed by atoms with Crippen LogP contribution in [0.1, 0.15) is 131 Å². The monoisotopic (exact) mass is 744 g/mol. The molecule has 0 fully saturated rings. The molecule has 3 aromatic rings. The normalized spacial score (nSPS) is 14.1. The highest BCUT2D eigenvalue weighted by Gasteiger charge is 2.33. The smallest absolute Gasteiger partial charge is 0.342 e. The summed E-state index contributed by atoms with van der Waals surface area (Å²) in [6, 6.07) is 5.40. The quantitative estimate of drug-likeness (QED) is 0.0367. The Bertz CT molecular complexity index is 1580. The van der Waals surface area contributed by atoms with Gasteiger partial charge in [0.15, 0.2) is 11.5 Å². The molecule has 0 aliphatic rings. The average molecular weight is 745 g/mol. The summed E-state index contributed by atoms with van der Waals surface area (Å²) in [5, 5.41) is 2.81. The molecule has 3 atom stereocenters. The van der Waals surface area contributed by atoms with Gasteiger partial charge in [0.2, 0.25) is 0 Å². The van der Waals surface area contributed by atoms with Crippen molar-refractivity contribution in [2.24, 2.45) is 0 Å². The third kappa shape index (κ3) is 16.0.